The molecule has 10 heteroatoms. The number of hydrogen-bond acceptors (Lipinski definition) is 2. The first-order valence-electron chi connectivity index (χ1n) is 9.42. The average molecular weight is 511 g/mol. The van der Waals surface area contributed by atoms with Gasteiger partial charge in [0.2, 0.25) is 0 Å². The number of rotatable bonds is 4. The van der Waals surface area contributed by atoms with Crippen LogP contribution >= 0.6 is 34.8 Å². The van der Waals surface area contributed by atoms with Crippen molar-refractivity contribution < 1.29 is 18.0 Å². The first-order chi connectivity index (χ1) is 15.6. The van der Waals surface area contributed by atoms with E-state index < -0.39 is 17.6 Å². The zero-order chi connectivity index (χ0) is 23.8. The molecule has 0 radical (unpaired) electrons. The Morgan fingerprint density at radius 3 is 2.27 bits per heavy atom. The molecule has 0 fully saturated rings. The predicted octanol–water partition coefficient (Wildman–Crippen LogP) is 7.77. The Morgan fingerprint density at radius 2 is 1.58 bits per heavy atom. The molecule has 0 aliphatic heterocycles. The number of hydrogen-bond donors (Lipinski definition) is 1. The second kappa shape index (κ2) is 9.09. The molecule has 0 saturated carbocycles. The molecule has 4 nitrogen and oxygen atoms in total. The van der Waals surface area contributed by atoms with Gasteiger partial charge in [0.1, 0.15) is 5.82 Å². The van der Waals surface area contributed by atoms with Gasteiger partial charge in [-0.15, -0.1) is 0 Å². The van der Waals surface area contributed by atoms with Gasteiger partial charge in [-0.2, -0.15) is 18.3 Å². The van der Waals surface area contributed by atoms with E-state index in [-0.39, 0.29) is 11.4 Å². The third kappa shape index (κ3) is 5.16. The van der Waals surface area contributed by atoms with E-state index in [9.17, 15) is 18.0 Å². The first kappa shape index (κ1) is 23.2. The van der Waals surface area contributed by atoms with Crippen molar-refractivity contribution in [3.63, 3.8) is 0 Å². The van der Waals surface area contributed by atoms with E-state index in [1.165, 1.54) is 16.8 Å². The fourth-order valence-electron chi connectivity index (χ4n) is 3.09. The maximum absolute atomic E-state index is 13.1. The summed E-state index contributed by atoms with van der Waals surface area (Å²) in [5.41, 5.74) is 0.461. The second-order valence-corrected chi connectivity index (χ2v) is 8.24. The van der Waals surface area contributed by atoms with Crippen LogP contribution in [0.2, 0.25) is 15.1 Å². The van der Waals surface area contributed by atoms with E-state index in [0.717, 1.165) is 12.1 Å². The highest BCUT2D eigenvalue weighted by molar-refractivity contribution is 6.34. The van der Waals surface area contributed by atoms with Crippen molar-refractivity contribution in [3.8, 4) is 16.9 Å². The number of halogens is 6. The number of carbonyl (C=O) groups excluding carboxylic acids is 1. The Morgan fingerprint density at radius 1 is 0.879 bits per heavy atom. The van der Waals surface area contributed by atoms with E-state index >= 15 is 0 Å². The maximum atomic E-state index is 13.1. The molecular weight excluding hydrogens is 498 g/mol. The quantitative estimate of drug-likeness (QED) is 0.305. The van der Waals surface area contributed by atoms with E-state index in [1.807, 2.05) is 0 Å². The molecule has 1 aromatic heterocycles. The standard InChI is InChI=1S/C23H13Cl3F3N3O/c24-16-6-4-13(5-7-16)19-12-21(32(31-19)20-11-17(25)8-9-18(20)26)30-22(33)14-2-1-3-15(10-14)23(27,28)29/h1-12H,(H,30,33). The Kier molecular flexibility index (Phi) is 6.38. The number of nitrogens with one attached hydrogen (secondary N) is 1. The first-order valence-corrected chi connectivity index (χ1v) is 10.6. The summed E-state index contributed by atoms with van der Waals surface area (Å²) in [5, 5.41) is 8.36. The molecule has 0 unspecified atom stereocenters. The molecule has 3 aromatic carbocycles. The van der Waals surface area contributed by atoms with Crippen molar-refractivity contribution in [1.29, 1.82) is 0 Å². The lowest BCUT2D eigenvalue weighted by molar-refractivity contribution is -0.137. The van der Waals surface area contributed by atoms with Gasteiger partial charge in [-0.1, -0.05) is 53.0 Å². The summed E-state index contributed by atoms with van der Waals surface area (Å²) in [4.78, 5) is 12.8. The smallest absolute Gasteiger partial charge is 0.306 e. The summed E-state index contributed by atoms with van der Waals surface area (Å²) in [6, 6.07) is 17.3. The van der Waals surface area contributed by atoms with Gasteiger partial charge in [0.15, 0.2) is 0 Å². The SMILES string of the molecule is O=C(Nc1cc(-c2ccc(Cl)cc2)nn1-c1cc(Cl)ccc1Cl)c1cccc(C(F)(F)F)c1. The van der Waals surface area contributed by atoms with Crippen molar-refractivity contribution in [2.75, 3.05) is 5.32 Å². The molecule has 1 amide bonds. The Hall–Kier alpha value is -3.00. The van der Waals surface area contributed by atoms with Gasteiger partial charge >= 0.3 is 6.18 Å². The lowest BCUT2D eigenvalue weighted by Gasteiger charge is -2.12. The fraction of sp³-hybridized carbons (Fsp3) is 0.0435. The van der Waals surface area contributed by atoms with Crippen molar-refractivity contribution in [3.05, 3.63) is 99.0 Å². The van der Waals surface area contributed by atoms with E-state index in [1.54, 1.807) is 48.5 Å². The lowest BCUT2D eigenvalue weighted by atomic mass is 10.1. The zero-order valence-corrected chi connectivity index (χ0v) is 18.8. The molecule has 0 spiro atoms. The third-order valence-corrected chi connectivity index (χ3v) is 5.49. The minimum absolute atomic E-state index is 0.164. The molecule has 4 aromatic rings. The van der Waals surface area contributed by atoms with Gasteiger partial charge in [0.25, 0.3) is 5.91 Å². The number of aromatic nitrogens is 2. The highest BCUT2D eigenvalue weighted by Crippen LogP contribution is 2.32. The largest absolute Gasteiger partial charge is 0.416 e. The van der Waals surface area contributed by atoms with Crippen LogP contribution in [0.3, 0.4) is 0 Å². The number of carbonyl (C=O) groups is 1. The van der Waals surface area contributed by atoms with Crippen LogP contribution in [0, 0.1) is 0 Å². The second-order valence-electron chi connectivity index (χ2n) is 6.96. The van der Waals surface area contributed by atoms with Gasteiger partial charge < -0.3 is 5.32 Å². The van der Waals surface area contributed by atoms with Crippen LogP contribution in [0.5, 0.6) is 0 Å². The Bertz CT molecular complexity index is 1340. The number of benzene rings is 3. The minimum Gasteiger partial charge on any atom is -0.306 e. The maximum Gasteiger partial charge on any atom is 0.416 e. The predicted molar refractivity (Wildman–Crippen MR) is 123 cm³/mol. The van der Waals surface area contributed by atoms with Gasteiger partial charge in [0.05, 0.1) is 22.0 Å². The fourth-order valence-corrected chi connectivity index (χ4v) is 3.58. The number of nitrogens with zero attached hydrogens (tertiary/aromatic N) is 2. The van der Waals surface area contributed by atoms with Crippen molar-refractivity contribution in [2.45, 2.75) is 6.18 Å². The van der Waals surface area contributed by atoms with E-state index in [4.69, 9.17) is 34.8 Å². The molecule has 0 saturated heterocycles. The van der Waals surface area contributed by atoms with Crippen LogP contribution in [0.1, 0.15) is 15.9 Å². The van der Waals surface area contributed by atoms with E-state index in [2.05, 4.69) is 10.4 Å². The molecule has 168 valence electrons. The van der Waals surface area contributed by atoms with E-state index in [0.29, 0.717) is 32.0 Å². The molecule has 1 N–H and O–H groups in total. The van der Waals surface area contributed by atoms with Gasteiger partial charge in [-0.05, 0) is 48.5 Å². The van der Waals surface area contributed by atoms with Gasteiger partial charge in [-0.3, -0.25) is 4.79 Å². The van der Waals surface area contributed by atoms with Gasteiger partial charge in [0, 0.05) is 27.2 Å². The highest BCUT2D eigenvalue weighted by atomic mass is 35.5. The number of amides is 1. The highest BCUT2D eigenvalue weighted by Gasteiger charge is 2.31. The van der Waals surface area contributed by atoms with Crippen LogP contribution in [0.4, 0.5) is 19.0 Å². The minimum atomic E-state index is -4.58. The molecule has 4 rings (SSSR count). The summed E-state index contributed by atoms with van der Waals surface area (Å²) >= 11 is 18.4. The van der Waals surface area contributed by atoms with Crippen LogP contribution in [0.25, 0.3) is 16.9 Å². The Balaban J connectivity index is 1.77. The molecule has 1 heterocycles. The molecular formula is C23H13Cl3F3N3O. The van der Waals surface area contributed by atoms with Crippen LogP contribution in [-0.2, 0) is 6.18 Å². The van der Waals surface area contributed by atoms with Crippen molar-refractivity contribution >= 4 is 46.5 Å². The van der Waals surface area contributed by atoms with Crippen LogP contribution in [0.15, 0.2) is 72.8 Å². The van der Waals surface area contributed by atoms with Crippen LogP contribution < -0.4 is 5.32 Å². The lowest BCUT2D eigenvalue weighted by Crippen LogP contribution is -2.16. The van der Waals surface area contributed by atoms with Gasteiger partial charge in [-0.25, -0.2) is 4.68 Å². The summed E-state index contributed by atoms with van der Waals surface area (Å²) in [6.07, 6.45) is -4.58. The number of alkyl halides is 3. The summed E-state index contributed by atoms with van der Waals surface area (Å²) in [6.45, 7) is 0. The molecule has 0 aliphatic carbocycles. The summed E-state index contributed by atoms with van der Waals surface area (Å²) < 4.78 is 40.6. The Labute approximate surface area is 201 Å². The van der Waals surface area contributed by atoms with Crippen molar-refractivity contribution in [2.24, 2.45) is 0 Å². The van der Waals surface area contributed by atoms with Crippen LogP contribution in [-0.4, -0.2) is 15.7 Å². The normalized spacial score (nSPS) is 11.5. The molecule has 0 aliphatic rings. The topological polar surface area (TPSA) is 46.9 Å². The molecule has 0 bridgehead atoms. The summed E-state index contributed by atoms with van der Waals surface area (Å²) in [7, 11) is 0. The van der Waals surface area contributed by atoms with Crippen molar-refractivity contribution in [1.82, 2.24) is 9.78 Å². The third-order valence-electron chi connectivity index (χ3n) is 4.68. The summed E-state index contributed by atoms with van der Waals surface area (Å²) in [5.74, 6) is -0.561. The average Bonchev–Trinajstić information content (AvgIpc) is 3.19. The zero-order valence-electron chi connectivity index (χ0n) is 16.5. The monoisotopic (exact) mass is 509 g/mol. The molecule has 33 heavy (non-hydrogen) atoms. The number of anilines is 1. The molecule has 0 atom stereocenters.